The van der Waals surface area contributed by atoms with Crippen LogP contribution >= 0.6 is 22.6 Å². The molecule has 1 N–H and O–H groups in total. The van der Waals surface area contributed by atoms with Gasteiger partial charge in [-0.15, -0.1) is 0 Å². The summed E-state index contributed by atoms with van der Waals surface area (Å²) in [6, 6.07) is 9.63. The molecule has 0 spiro atoms. The summed E-state index contributed by atoms with van der Waals surface area (Å²) >= 11 is 2.19. The summed E-state index contributed by atoms with van der Waals surface area (Å²) in [5.74, 6) is 0.502. The number of carbonyl (C=O) groups excluding carboxylic acids is 3. The molecule has 0 saturated heterocycles. The zero-order chi connectivity index (χ0) is 28.6. The molecule has 7 nitrogen and oxygen atoms in total. The van der Waals surface area contributed by atoms with Crippen LogP contribution in [0.4, 0.5) is 5.69 Å². The van der Waals surface area contributed by atoms with Crippen LogP contribution < -0.4 is 14.8 Å². The Labute approximate surface area is 249 Å². The van der Waals surface area contributed by atoms with Gasteiger partial charge in [0.05, 0.1) is 10.2 Å². The molecule has 3 aliphatic rings. The third-order valence-corrected chi connectivity index (χ3v) is 8.85. The Bertz CT molecular complexity index is 1410. The number of nitrogens with one attached hydrogen (secondary N) is 1. The Morgan fingerprint density at radius 3 is 2.20 bits per heavy atom. The first-order valence-electron chi connectivity index (χ1n) is 13.9. The van der Waals surface area contributed by atoms with E-state index in [0.717, 1.165) is 74.2 Å². The Balaban J connectivity index is 1.48. The van der Waals surface area contributed by atoms with Crippen LogP contribution in [0.5, 0.6) is 11.5 Å². The number of aryl methyl sites for hydroxylation is 2. The minimum Gasteiger partial charge on any atom is -0.490 e. The third kappa shape index (κ3) is 5.42. The molecule has 1 amide bonds. The molecule has 210 valence electrons. The molecule has 0 saturated carbocycles. The number of anilines is 1. The van der Waals surface area contributed by atoms with Gasteiger partial charge < -0.3 is 19.7 Å². The fourth-order valence-electron chi connectivity index (χ4n) is 6.00. The number of hydrogen-bond acceptors (Lipinski definition) is 6. The van der Waals surface area contributed by atoms with E-state index in [4.69, 9.17) is 9.47 Å². The van der Waals surface area contributed by atoms with Crippen molar-refractivity contribution in [2.24, 2.45) is 0 Å². The summed E-state index contributed by atoms with van der Waals surface area (Å²) in [6.07, 6.45) is 4.28. The first-order valence-corrected chi connectivity index (χ1v) is 15.0. The molecule has 1 heterocycles. The van der Waals surface area contributed by atoms with Gasteiger partial charge in [-0.05, 0) is 110 Å². The molecule has 0 bridgehead atoms. The van der Waals surface area contributed by atoms with Gasteiger partial charge in [0, 0.05) is 54.0 Å². The fraction of sp³-hybridized carbons (Fsp3) is 0.406. The topological polar surface area (TPSA) is 84.9 Å². The molecule has 40 heavy (non-hydrogen) atoms. The highest BCUT2D eigenvalue weighted by atomic mass is 127. The molecule has 8 heteroatoms. The Kier molecular flexibility index (Phi) is 8.35. The molecule has 2 aromatic carbocycles. The normalized spacial score (nSPS) is 17.6. The van der Waals surface area contributed by atoms with Crippen LogP contribution in [-0.2, 0) is 14.4 Å². The minimum atomic E-state index is -0.420. The molecule has 1 aliphatic heterocycles. The molecule has 2 aromatic rings. The van der Waals surface area contributed by atoms with Crippen LogP contribution in [0, 0.1) is 17.4 Å². The number of nitrogens with zero attached hydrogens (tertiary/aromatic N) is 1. The molecule has 0 fully saturated rings. The molecular weight excluding hydrogens is 619 g/mol. The lowest BCUT2D eigenvalue weighted by molar-refractivity contribution is -0.118. The van der Waals surface area contributed by atoms with Crippen LogP contribution in [0.3, 0.4) is 0 Å². The Morgan fingerprint density at radius 2 is 1.60 bits per heavy atom. The second-order valence-corrected chi connectivity index (χ2v) is 11.8. The third-order valence-electron chi connectivity index (χ3n) is 8.05. The van der Waals surface area contributed by atoms with Crippen molar-refractivity contribution in [1.82, 2.24) is 4.90 Å². The van der Waals surface area contributed by atoms with Crippen molar-refractivity contribution in [3.63, 3.8) is 0 Å². The lowest BCUT2D eigenvalue weighted by Crippen LogP contribution is -2.37. The molecule has 0 aromatic heterocycles. The molecular formula is C32H35IN2O5. The average molecular weight is 655 g/mol. The summed E-state index contributed by atoms with van der Waals surface area (Å²) in [7, 11) is 1.99. The van der Waals surface area contributed by atoms with Gasteiger partial charge in [0.15, 0.2) is 29.7 Å². The number of benzene rings is 2. The average Bonchev–Trinajstić information content (AvgIpc) is 2.91. The maximum Gasteiger partial charge on any atom is 0.262 e. The van der Waals surface area contributed by atoms with Crippen molar-refractivity contribution < 1.29 is 23.9 Å². The second kappa shape index (κ2) is 11.8. The molecule has 5 rings (SSSR count). The van der Waals surface area contributed by atoms with Gasteiger partial charge in [-0.1, -0.05) is 6.07 Å². The van der Waals surface area contributed by atoms with E-state index in [1.165, 1.54) is 0 Å². The van der Waals surface area contributed by atoms with Gasteiger partial charge in [0.1, 0.15) is 0 Å². The largest absolute Gasteiger partial charge is 0.490 e. The van der Waals surface area contributed by atoms with Gasteiger partial charge in [0.2, 0.25) is 0 Å². The van der Waals surface area contributed by atoms with Crippen molar-refractivity contribution in [1.29, 1.82) is 0 Å². The smallest absolute Gasteiger partial charge is 0.262 e. The van der Waals surface area contributed by atoms with Crippen LogP contribution in [-0.4, -0.2) is 42.6 Å². The first kappa shape index (κ1) is 28.4. The van der Waals surface area contributed by atoms with Crippen LogP contribution in [0.25, 0.3) is 0 Å². The zero-order valence-corrected chi connectivity index (χ0v) is 25.6. The van der Waals surface area contributed by atoms with E-state index in [-0.39, 0.29) is 24.1 Å². The summed E-state index contributed by atoms with van der Waals surface area (Å²) in [4.78, 5) is 41.5. The Morgan fingerprint density at radius 1 is 0.950 bits per heavy atom. The molecule has 2 aliphatic carbocycles. The SMILES string of the molecule is CCOc1cc(C2C3=C(CCCC3=O)N(C)C3=C2C(=O)CCC3)cc(I)c1OCC(=O)Nc1ccc(C)c(C)c1. The molecule has 0 atom stereocenters. The number of ketones is 2. The predicted octanol–water partition coefficient (Wildman–Crippen LogP) is 6.37. The van der Waals surface area contributed by atoms with Crippen LogP contribution in [0.2, 0.25) is 0 Å². The van der Waals surface area contributed by atoms with Gasteiger partial charge in [-0.25, -0.2) is 0 Å². The van der Waals surface area contributed by atoms with E-state index in [9.17, 15) is 14.4 Å². The van der Waals surface area contributed by atoms with Gasteiger partial charge in [-0.2, -0.15) is 0 Å². The van der Waals surface area contributed by atoms with E-state index in [2.05, 4.69) is 32.8 Å². The number of rotatable bonds is 7. The Hall–Kier alpha value is -3.14. The predicted molar refractivity (Wildman–Crippen MR) is 163 cm³/mol. The number of hydrogen-bond donors (Lipinski definition) is 1. The first-order chi connectivity index (χ1) is 19.2. The van der Waals surface area contributed by atoms with Crippen molar-refractivity contribution in [3.05, 3.63) is 73.1 Å². The lowest BCUT2D eigenvalue weighted by atomic mass is 9.71. The zero-order valence-electron chi connectivity index (χ0n) is 23.5. The summed E-state index contributed by atoms with van der Waals surface area (Å²) in [6.45, 7) is 6.14. The highest BCUT2D eigenvalue weighted by Crippen LogP contribution is 2.50. The van der Waals surface area contributed by atoms with Gasteiger partial charge in [-0.3, -0.25) is 14.4 Å². The van der Waals surface area contributed by atoms with Crippen LogP contribution in [0.15, 0.2) is 52.9 Å². The number of allylic oxidation sites excluding steroid dienone is 4. The number of amides is 1. The maximum absolute atomic E-state index is 13.3. The lowest BCUT2D eigenvalue weighted by Gasteiger charge is -2.42. The number of carbonyl (C=O) groups is 3. The second-order valence-electron chi connectivity index (χ2n) is 10.7. The van der Waals surface area contributed by atoms with Gasteiger partial charge >= 0.3 is 0 Å². The summed E-state index contributed by atoms with van der Waals surface area (Å²) < 4.78 is 12.8. The fourth-order valence-corrected chi connectivity index (χ4v) is 6.78. The van der Waals surface area contributed by atoms with E-state index >= 15 is 0 Å². The summed E-state index contributed by atoms with van der Waals surface area (Å²) in [5, 5.41) is 2.89. The van der Waals surface area contributed by atoms with E-state index < -0.39 is 5.92 Å². The van der Waals surface area contributed by atoms with Crippen molar-refractivity contribution >= 4 is 45.8 Å². The van der Waals surface area contributed by atoms with E-state index in [1.54, 1.807) is 0 Å². The number of ether oxygens (including phenoxy) is 2. The van der Waals surface area contributed by atoms with Gasteiger partial charge in [0.25, 0.3) is 5.91 Å². The molecule has 0 radical (unpaired) electrons. The summed E-state index contributed by atoms with van der Waals surface area (Å²) in [5.41, 5.74) is 7.36. The van der Waals surface area contributed by atoms with Crippen LogP contribution in [0.1, 0.15) is 68.1 Å². The van der Waals surface area contributed by atoms with Crippen molar-refractivity contribution in [2.45, 2.75) is 65.2 Å². The quantitative estimate of drug-likeness (QED) is 0.350. The van der Waals surface area contributed by atoms with Crippen molar-refractivity contribution in [2.75, 3.05) is 25.6 Å². The number of halogens is 1. The monoisotopic (exact) mass is 654 g/mol. The highest BCUT2D eigenvalue weighted by molar-refractivity contribution is 14.1. The van der Waals surface area contributed by atoms with E-state index in [0.29, 0.717) is 30.9 Å². The van der Waals surface area contributed by atoms with E-state index in [1.807, 2.05) is 58.2 Å². The van der Waals surface area contributed by atoms with Crippen molar-refractivity contribution in [3.8, 4) is 11.5 Å². The standard InChI is InChI=1S/C32H35IN2O5/c1-5-39-27-16-20(15-22(33)32(27)40-17-28(38)34-21-13-12-18(2)19(3)14-21)29-30-23(8-6-10-25(30)36)35(4)24-9-7-11-26(37)31(24)29/h12-16,29H,5-11,17H2,1-4H3,(H,34,38). The maximum atomic E-state index is 13.3. The highest BCUT2D eigenvalue weighted by Gasteiger charge is 2.42. The number of Topliss-reactive ketones (excluding diaryl/α,β-unsaturated/α-hetero) is 2. The molecule has 0 unspecified atom stereocenters. The minimum absolute atomic E-state index is 0.110.